The van der Waals surface area contributed by atoms with E-state index in [1.807, 2.05) is 0 Å². The van der Waals surface area contributed by atoms with Gasteiger partial charge in [-0.2, -0.15) is 10.2 Å². The number of carbonyl (C=O) groups is 2. The predicted molar refractivity (Wildman–Crippen MR) is 98.1 cm³/mol. The first-order valence-corrected chi connectivity index (χ1v) is 8.76. The van der Waals surface area contributed by atoms with Gasteiger partial charge >= 0.3 is 0 Å². The Labute approximate surface area is 160 Å². The van der Waals surface area contributed by atoms with Crippen LogP contribution in [0.2, 0.25) is 0 Å². The summed E-state index contributed by atoms with van der Waals surface area (Å²) in [6.07, 6.45) is 3.48. The molecule has 0 atom stereocenters. The van der Waals surface area contributed by atoms with Gasteiger partial charge in [0, 0.05) is 12.8 Å². The van der Waals surface area contributed by atoms with Crippen LogP contribution < -0.4 is 10.9 Å². The lowest BCUT2D eigenvalue weighted by Gasteiger charge is -2.00. The third-order valence-corrected chi connectivity index (χ3v) is 3.61. The van der Waals surface area contributed by atoms with Crippen molar-refractivity contribution in [1.29, 1.82) is 0 Å². The van der Waals surface area contributed by atoms with E-state index in [-0.39, 0.29) is 24.7 Å². The standard InChI is InChI=1S/C15H14Br2N4O4/c16-12-6-4-10(24-12)8-18-20-14(22)2-1-3-15(23)21-19-9-11-5-7-13(17)25-11/h4-9H,1-3H2,(H,20,22)(H,21,23)/b18-8+,19-9+. The molecular weight excluding hydrogens is 460 g/mol. The zero-order chi connectivity index (χ0) is 18.1. The molecule has 0 fully saturated rings. The van der Waals surface area contributed by atoms with Crippen LogP contribution in [0.4, 0.5) is 0 Å². The molecule has 132 valence electrons. The van der Waals surface area contributed by atoms with Gasteiger partial charge in [-0.25, -0.2) is 10.9 Å². The number of rotatable bonds is 8. The molecule has 2 amide bonds. The minimum absolute atomic E-state index is 0.168. The molecule has 2 aromatic rings. The van der Waals surface area contributed by atoms with E-state index in [9.17, 15) is 9.59 Å². The maximum absolute atomic E-state index is 11.6. The van der Waals surface area contributed by atoms with Crippen molar-refractivity contribution < 1.29 is 18.4 Å². The Kier molecular flexibility index (Phi) is 7.61. The van der Waals surface area contributed by atoms with Crippen LogP contribution in [0.3, 0.4) is 0 Å². The molecule has 0 spiro atoms. The molecule has 0 aliphatic carbocycles. The van der Waals surface area contributed by atoms with Crippen LogP contribution in [-0.2, 0) is 9.59 Å². The van der Waals surface area contributed by atoms with Crippen LogP contribution >= 0.6 is 31.9 Å². The van der Waals surface area contributed by atoms with Crippen LogP contribution in [0.15, 0.2) is 52.6 Å². The minimum Gasteiger partial charge on any atom is -0.448 e. The number of nitrogens with one attached hydrogen (secondary N) is 2. The summed E-state index contributed by atoms with van der Waals surface area (Å²) in [6.45, 7) is 0. The minimum atomic E-state index is -0.293. The van der Waals surface area contributed by atoms with E-state index in [1.54, 1.807) is 24.3 Å². The maximum Gasteiger partial charge on any atom is 0.240 e. The van der Waals surface area contributed by atoms with Crippen LogP contribution in [0, 0.1) is 0 Å². The summed E-state index contributed by atoms with van der Waals surface area (Å²) in [6, 6.07) is 6.84. The van der Waals surface area contributed by atoms with Crippen molar-refractivity contribution in [2.45, 2.75) is 19.3 Å². The predicted octanol–water partition coefficient (Wildman–Crippen LogP) is 3.17. The number of hydrazone groups is 2. The van der Waals surface area contributed by atoms with Crippen molar-refractivity contribution in [3.63, 3.8) is 0 Å². The van der Waals surface area contributed by atoms with E-state index < -0.39 is 0 Å². The molecule has 0 aromatic carbocycles. The SMILES string of the molecule is O=C(CCCC(=O)N/N=C/c1ccc(Br)o1)N/N=C/c1ccc(Br)o1. The van der Waals surface area contributed by atoms with Gasteiger partial charge in [-0.05, 0) is 62.5 Å². The summed E-state index contributed by atoms with van der Waals surface area (Å²) in [5.74, 6) is 0.429. The van der Waals surface area contributed by atoms with E-state index >= 15 is 0 Å². The molecule has 0 saturated carbocycles. The van der Waals surface area contributed by atoms with Crippen molar-refractivity contribution in [2.75, 3.05) is 0 Å². The maximum atomic E-state index is 11.6. The highest BCUT2D eigenvalue weighted by Crippen LogP contribution is 2.12. The third kappa shape index (κ3) is 7.48. The monoisotopic (exact) mass is 472 g/mol. The van der Waals surface area contributed by atoms with Gasteiger partial charge in [-0.3, -0.25) is 9.59 Å². The van der Waals surface area contributed by atoms with Gasteiger partial charge in [-0.15, -0.1) is 0 Å². The largest absolute Gasteiger partial charge is 0.448 e. The topological polar surface area (TPSA) is 109 Å². The lowest BCUT2D eigenvalue weighted by Crippen LogP contribution is -2.20. The molecule has 10 heteroatoms. The summed E-state index contributed by atoms with van der Waals surface area (Å²) in [4.78, 5) is 23.2. The number of hydrogen-bond acceptors (Lipinski definition) is 6. The lowest BCUT2D eigenvalue weighted by molar-refractivity contribution is -0.122. The molecule has 25 heavy (non-hydrogen) atoms. The molecule has 0 radical (unpaired) electrons. The normalized spacial score (nSPS) is 11.3. The number of nitrogens with zero attached hydrogens (tertiary/aromatic N) is 2. The average Bonchev–Trinajstić information content (AvgIpc) is 3.16. The molecule has 8 nitrogen and oxygen atoms in total. The van der Waals surface area contributed by atoms with Crippen LogP contribution in [0.1, 0.15) is 30.8 Å². The smallest absolute Gasteiger partial charge is 0.240 e. The van der Waals surface area contributed by atoms with Crippen molar-refractivity contribution in [3.05, 3.63) is 45.1 Å². The summed E-state index contributed by atoms with van der Waals surface area (Å²) in [5.41, 5.74) is 4.72. The fourth-order valence-corrected chi connectivity index (χ4v) is 2.29. The Hall–Kier alpha value is -2.20. The van der Waals surface area contributed by atoms with E-state index in [1.165, 1.54) is 12.4 Å². The molecule has 2 rings (SSSR count). The molecule has 0 saturated heterocycles. The Morgan fingerprint density at radius 1 is 0.880 bits per heavy atom. The lowest BCUT2D eigenvalue weighted by atomic mass is 10.2. The zero-order valence-electron chi connectivity index (χ0n) is 12.9. The first-order chi connectivity index (χ1) is 12.0. The first kappa shape index (κ1) is 19.1. The fourth-order valence-electron chi connectivity index (χ4n) is 1.65. The van der Waals surface area contributed by atoms with Gasteiger partial charge < -0.3 is 8.83 Å². The fraction of sp³-hybridized carbons (Fsp3) is 0.200. The highest BCUT2D eigenvalue weighted by molar-refractivity contribution is 9.10. The van der Waals surface area contributed by atoms with E-state index in [2.05, 4.69) is 52.9 Å². The first-order valence-electron chi connectivity index (χ1n) is 7.17. The summed E-state index contributed by atoms with van der Waals surface area (Å²) >= 11 is 6.32. The summed E-state index contributed by atoms with van der Waals surface area (Å²) < 4.78 is 11.5. The molecule has 0 aliphatic rings. The zero-order valence-corrected chi connectivity index (χ0v) is 16.0. The number of hydrogen-bond donors (Lipinski definition) is 2. The molecule has 2 aromatic heterocycles. The second-order valence-electron chi connectivity index (χ2n) is 4.72. The van der Waals surface area contributed by atoms with Crippen LogP contribution in [0.5, 0.6) is 0 Å². The summed E-state index contributed by atoms with van der Waals surface area (Å²) in [7, 11) is 0. The molecular formula is C15H14Br2N4O4. The van der Waals surface area contributed by atoms with Crippen molar-refractivity contribution in [3.8, 4) is 0 Å². The molecule has 2 N–H and O–H groups in total. The van der Waals surface area contributed by atoms with Crippen molar-refractivity contribution >= 4 is 56.1 Å². The van der Waals surface area contributed by atoms with Gasteiger partial charge in [0.1, 0.15) is 11.5 Å². The Morgan fingerprint density at radius 2 is 1.32 bits per heavy atom. The number of furan rings is 2. The third-order valence-electron chi connectivity index (χ3n) is 2.76. The van der Waals surface area contributed by atoms with Crippen molar-refractivity contribution in [2.24, 2.45) is 10.2 Å². The Balaban J connectivity index is 1.59. The highest BCUT2D eigenvalue weighted by Gasteiger charge is 2.04. The van der Waals surface area contributed by atoms with Gasteiger partial charge in [0.15, 0.2) is 9.34 Å². The number of amides is 2. The van der Waals surface area contributed by atoms with Gasteiger partial charge in [-0.1, -0.05) is 0 Å². The molecule has 0 unspecified atom stereocenters. The number of halogens is 2. The number of carbonyl (C=O) groups excluding carboxylic acids is 2. The molecule has 0 aliphatic heterocycles. The van der Waals surface area contributed by atoms with Gasteiger partial charge in [0.25, 0.3) is 0 Å². The van der Waals surface area contributed by atoms with Crippen LogP contribution in [-0.4, -0.2) is 24.2 Å². The average molecular weight is 474 g/mol. The summed E-state index contributed by atoms with van der Waals surface area (Å²) in [5, 5.41) is 7.52. The Morgan fingerprint density at radius 3 is 1.68 bits per heavy atom. The highest BCUT2D eigenvalue weighted by atomic mass is 79.9. The Bertz CT molecular complexity index is 718. The van der Waals surface area contributed by atoms with Gasteiger partial charge in [0.05, 0.1) is 12.4 Å². The second-order valence-corrected chi connectivity index (χ2v) is 6.29. The van der Waals surface area contributed by atoms with E-state index in [4.69, 9.17) is 8.83 Å². The van der Waals surface area contributed by atoms with Crippen molar-refractivity contribution in [1.82, 2.24) is 10.9 Å². The quantitative estimate of drug-likeness (QED) is 0.453. The second kappa shape index (κ2) is 9.94. The van der Waals surface area contributed by atoms with Crippen LogP contribution in [0.25, 0.3) is 0 Å². The van der Waals surface area contributed by atoms with E-state index in [0.717, 1.165) is 0 Å². The van der Waals surface area contributed by atoms with Gasteiger partial charge in [0.2, 0.25) is 11.8 Å². The molecule has 2 heterocycles. The molecule has 0 bridgehead atoms. The van der Waals surface area contributed by atoms with E-state index in [0.29, 0.717) is 27.3 Å².